The lowest BCUT2D eigenvalue weighted by Gasteiger charge is -2.07. The molecule has 0 aliphatic rings. The van der Waals surface area contributed by atoms with Gasteiger partial charge in [0.2, 0.25) is 5.71 Å². The van der Waals surface area contributed by atoms with Crippen LogP contribution in [-0.2, 0) is 0 Å². The molecule has 8 heteroatoms. The van der Waals surface area contributed by atoms with Gasteiger partial charge in [0.05, 0.1) is 10.7 Å². The molecular formula is C10H2BrClFN5. The zero-order valence-corrected chi connectivity index (χ0v) is 10.8. The first kappa shape index (κ1) is 13.9. The van der Waals surface area contributed by atoms with Gasteiger partial charge in [-0.15, -0.1) is 0 Å². The number of anilines is 1. The molecule has 0 saturated heterocycles. The minimum absolute atomic E-state index is 0.0117. The van der Waals surface area contributed by atoms with Crippen LogP contribution in [0.3, 0.4) is 0 Å². The average Bonchev–Trinajstić information content (AvgIpc) is 2.36. The van der Waals surface area contributed by atoms with Gasteiger partial charge in [0.15, 0.2) is 5.82 Å². The molecule has 1 aromatic carbocycles. The highest BCUT2D eigenvalue weighted by Gasteiger charge is 2.16. The minimum Gasteiger partial charge on any atom is -0.274 e. The molecule has 1 aromatic rings. The van der Waals surface area contributed by atoms with Crippen LogP contribution in [-0.4, -0.2) is 5.71 Å². The molecule has 0 fully saturated rings. The van der Waals surface area contributed by atoms with Crippen molar-refractivity contribution in [2.24, 2.45) is 5.10 Å². The third kappa shape index (κ3) is 2.75. The SMILES string of the molecule is N#CC(C#N)=NNc1c(Br)cc(Cl)c(F)c1C#N. The fourth-order valence-electron chi connectivity index (χ4n) is 0.996. The molecule has 1 rings (SSSR count). The summed E-state index contributed by atoms with van der Waals surface area (Å²) in [5.74, 6) is -0.907. The van der Waals surface area contributed by atoms with Gasteiger partial charge in [-0.05, 0) is 22.0 Å². The van der Waals surface area contributed by atoms with Crippen molar-refractivity contribution in [2.75, 3.05) is 5.43 Å². The monoisotopic (exact) mass is 325 g/mol. The van der Waals surface area contributed by atoms with E-state index in [0.717, 1.165) is 0 Å². The van der Waals surface area contributed by atoms with Crippen LogP contribution in [0.2, 0.25) is 5.02 Å². The molecule has 0 amide bonds. The third-order valence-electron chi connectivity index (χ3n) is 1.77. The maximum absolute atomic E-state index is 13.5. The minimum atomic E-state index is -0.907. The molecule has 0 aromatic heterocycles. The first-order valence-corrected chi connectivity index (χ1v) is 5.43. The maximum Gasteiger partial charge on any atom is 0.237 e. The third-order valence-corrected chi connectivity index (χ3v) is 2.68. The number of nitrogens with zero attached hydrogens (tertiary/aromatic N) is 4. The van der Waals surface area contributed by atoms with E-state index in [2.05, 4.69) is 26.5 Å². The lowest BCUT2D eigenvalue weighted by atomic mass is 10.2. The number of nitriles is 3. The Morgan fingerprint density at radius 1 is 1.39 bits per heavy atom. The molecule has 88 valence electrons. The molecule has 0 saturated carbocycles. The van der Waals surface area contributed by atoms with Crippen LogP contribution in [0.25, 0.3) is 0 Å². The van der Waals surface area contributed by atoms with E-state index in [1.54, 1.807) is 6.07 Å². The zero-order chi connectivity index (χ0) is 13.7. The van der Waals surface area contributed by atoms with Gasteiger partial charge in [-0.1, -0.05) is 11.6 Å². The van der Waals surface area contributed by atoms with E-state index < -0.39 is 11.5 Å². The van der Waals surface area contributed by atoms with Gasteiger partial charge in [-0.2, -0.15) is 20.9 Å². The van der Waals surface area contributed by atoms with E-state index in [1.807, 2.05) is 0 Å². The van der Waals surface area contributed by atoms with Crippen LogP contribution in [0.1, 0.15) is 5.56 Å². The number of hydrogen-bond acceptors (Lipinski definition) is 5. The van der Waals surface area contributed by atoms with Crippen molar-refractivity contribution in [3.05, 3.63) is 26.9 Å². The Kier molecular flexibility index (Phi) is 4.62. The smallest absolute Gasteiger partial charge is 0.237 e. The molecule has 0 atom stereocenters. The number of hydrazone groups is 1. The second-order valence-electron chi connectivity index (χ2n) is 2.81. The second-order valence-corrected chi connectivity index (χ2v) is 4.07. The van der Waals surface area contributed by atoms with E-state index in [9.17, 15) is 4.39 Å². The Morgan fingerprint density at radius 2 is 2.00 bits per heavy atom. The second kappa shape index (κ2) is 5.97. The first-order valence-electron chi connectivity index (χ1n) is 4.26. The van der Waals surface area contributed by atoms with Crippen molar-refractivity contribution in [1.82, 2.24) is 0 Å². The van der Waals surface area contributed by atoms with E-state index in [4.69, 9.17) is 27.4 Å². The first-order chi connectivity index (χ1) is 8.54. The van der Waals surface area contributed by atoms with Crippen LogP contribution in [0.5, 0.6) is 0 Å². The summed E-state index contributed by atoms with van der Waals surface area (Å²) in [7, 11) is 0. The summed E-state index contributed by atoms with van der Waals surface area (Å²) < 4.78 is 13.8. The molecule has 0 heterocycles. The van der Waals surface area contributed by atoms with Crippen molar-refractivity contribution < 1.29 is 4.39 Å². The number of rotatable bonds is 2. The van der Waals surface area contributed by atoms with Crippen LogP contribution in [0.4, 0.5) is 10.1 Å². The average molecular weight is 327 g/mol. The Balaban J connectivity index is 3.32. The van der Waals surface area contributed by atoms with E-state index in [1.165, 1.54) is 18.2 Å². The largest absolute Gasteiger partial charge is 0.274 e. The van der Waals surface area contributed by atoms with Crippen LogP contribution in [0.15, 0.2) is 15.6 Å². The quantitative estimate of drug-likeness (QED) is 0.513. The lowest BCUT2D eigenvalue weighted by Crippen LogP contribution is -2.01. The van der Waals surface area contributed by atoms with Crippen molar-refractivity contribution in [1.29, 1.82) is 15.8 Å². The summed E-state index contributed by atoms with van der Waals surface area (Å²) in [5.41, 5.74) is 1.44. The lowest BCUT2D eigenvalue weighted by molar-refractivity contribution is 0.624. The van der Waals surface area contributed by atoms with Gasteiger partial charge in [-0.3, -0.25) is 5.43 Å². The molecule has 18 heavy (non-hydrogen) atoms. The van der Waals surface area contributed by atoms with Gasteiger partial charge in [0, 0.05) is 4.47 Å². The summed E-state index contributed by atoms with van der Waals surface area (Å²) in [5, 5.41) is 29.0. The molecule has 0 spiro atoms. The molecule has 0 aliphatic heterocycles. The molecular weight excluding hydrogens is 325 g/mol. The number of halogens is 3. The highest BCUT2D eigenvalue weighted by atomic mass is 79.9. The number of hydrogen-bond donors (Lipinski definition) is 1. The van der Waals surface area contributed by atoms with Crippen molar-refractivity contribution >= 4 is 38.9 Å². The van der Waals surface area contributed by atoms with Crippen molar-refractivity contribution in [2.45, 2.75) is 0 Å². The topological polar surface area (TPSA) is 95.8 Å². The zero-order valence-electron chi connectivity index (χ0n) is 8.50. The molecule has 5 nitrogen and oxygen atoms in total. The highest BCUT2D eigenvalue weighted by molar-refractivity contribution is 9.10. The van der Waals surface area contributed by atoms with Gasteiger partial charge in [-0.25, -0.2) is 4.39 Å². The highest BCUT2D eigenvalue weighted by Crippen LogP contribution is 2.33. The van der Waals surface area contributed by atoms with Crippen molar-refractivity contribution in [3.8, 4) is 18.2 Å². The van der Waals surface area contributed by atoms with Gasteiger partial charge in [0.1, 0.15) is 23.8 Å². The Labute approximate surface area is 115 Å². The fourth-order valence-corrected chi connectivity index (χ4v) is 1.85. The van der Waals surface area contributed by atoms with Crippen LogP contribution in [0, 0.1) is 39.8 Å². The Bertz CT molecular complexity index is 634. The molecule has 0 unspecified atom stereocenters. The van der Waals surface area contributed by atoms with Gasteiger partial charge < -0.3 is 0 Å². The van der Waals surface area contributed by atoms with Crippen molar-refractivity contribution in [3.63, 3.8) is 0 Å². The molecule has 0 bridgehead atoms. The van der Waals surface area contributed by atoms with Crippen LogP contribution < -0.4 is 5.43 Å². The Morgan fingerprint density at radius 3 is 2.50 bits per heavy atom. The predicted molar refractivity (Wildman–Crippen MR) is 66.1 cm³/mol. The van der Waals surface area contributed by atoms with E-state index in [0.29, 0.717) is 0 Å². The normalized spacial score (nSPS) is 8.67. The van der Waals surface area contributed by atoms with E-state index >= 15 is 0 Å². The standard InChI is InChI=1S/C10H2BrClFN5/c11-7-1-8(12)9(13)6(4-16)10(7)18-17-5(2-14)3-15/h1,18H. The Hall–Kier alpha value is -2.14. The summed E-state index contributed by atoms with van der Waals surface area (Å²) >= 11 is 8.63. The van der Waals surface area contributed by atoms with Gasteiger partial charge in [0.25, 0.3) is 0 Å². The predicted octanol–water partition coefficient (Wildman–Crippen LogP) is 2.93. The number of benzene rings is 1. The maximum atomic E-state index is 13.5. The van der Waals surface area contributed by atoms with E-state index in [-0.39, 0.29) is 20.7 Å². The summed E-state index contributed by atoms with van der Waals surface area (Å²) in [6.45, 7) is 0. The molecule has 0 radical (unpaired) electrons. The van der Waals surface area contributed by atoms with Crippen LogP contribution >= 0.6 is 27.5 Å². The molecule has 1 N–H and O–H groups in total. The number of nitrogens with one attached hydrogen (secondary N) is 1. The summed E-state index contributed by atoms with van der Waals surface area (Å²) in [6.07, 6.45) is 0. The fraction of sp³-hybridized carbons (Fsp3) is 0. The summed E-state index contributed by atoms with van der Waals surface area (Å²) in [4.78, 5) is 0. The summed E-state index contributed by atoms with van der Waals surface area (Å²) in [6, 6.07) is 5.87. The van der Waals surface area contributed by atoms with Gasteiger partial charge >= 0.3 is 0 Å². The molecule has 0 aliphatic carbocycles.